The van der Waals surface area contributed by atoms with E-state index in [0.29, 0.717) is 5.92 Å². The molecule has 0 heteroatoms. The van der Waals surface area contributed by atoms with Crippen molar-refractivity contribution in [3.8, 4) is 0 Å². The first-order valence-electron chi connectivity index (χ1n) is 4.28. The first-order chi connectivity index (χ1) is 5.29. The molecule has 1 atom stereocenters. The summed E-state index contributed by atoms with van der Waals surface area (Å²) in [6, 6.07) is 0. The molecule has 11 heavy (non-hydrogen) atoms. The molecule has 0 aliphatic heterocycles. The fourth-order valence-corrected chi connectivity index (χ4v) is 1.14. The first-order valence-corrected chi connectivity index (χ1v) is 4.28. The molecule has 0 aromatic carbocycles. The van der Waals surface area contributed by atoms with Crippen molar-refractivity contribution in [2.75, 3.05) is 0 Å². The van der Waals surface area contributed by atoms with Crippen molar-refractivity contribution in [2.45, 2.75) is 26.7 Å². The lowest BCUT2D eigenvalue weighted by atomic mass is 10.1. The van der Waals surface area contributed by atoms with Gasteiger partial charge in [-0.05, 0) is 25.7 Å². The number of allylic oxidation sites excluding steroid dienone is 6. The largest absolute Gasteiger partial charge is 0.0847 e. The van der Waals surface area contributed by atoms with Gasteiger partial charge in [-0.2, -0.15) is 0 Å². The lowest BCUT2D eigenvalue weighted by molar-refractivity contribution is 0.740. The van der Waals surface area contributed by atoms with Crippen LogP contribution in [0.4, 0.5) is 0 Å². The SMILES string of the molecule is CC1=CCC(C)C=CC=CC1. The highest BCUT2D eigenvalue weighted by atomic mass is 14.0. The van der Waals surface area contributed by atoms with Crippen LogP contribution in [0.3, 0.4) is 0 Å². The van der Waals surface area contributed by atoms with Crippen molar-refractivity contribution in [2.24, 2.45) is 5.92 Å². The van der Waals surface area contributed by atoms with Gasteiger partial charge in [-0.3, -0.25) is 0 Å². The van der Waals surface area contributed by atoms with E-state index in [1.54, 1.807) is 0 Å². The molecule has 0 nitrogen and oxygen atoms in total. The Morgan fingerprint density at radius 2 is 2.18 bits per heavy atom. The minimum Gasteiger partial charge on any atom is -0.0847 e. The molecule has 0 N–H and O–H groups in total. The maximum Gasteiger partial charge on any atom is -0.0138 e. The lowest BCUT2D eigenvalue weighted by Crippen LogP contribution is -1.85. The minimum atomic E-state index is 0.688. The van der Waals surface area contributed by atoms with Crippen LogP contribution in [0.5, 0.6) is 0 Å². The third-order valence-corrected chi connectivity index (χ3v) is 1.96. The van der Waals surface area contributed by atoms with Crippen LogP contribution in [-0.2, 0) is 0 Å². The summed E-state index contributed by atoms with van der Waals surface area (Å²) in [4.78, 5) is 0. The molecule has 0 bridgehead atoms. The Hall–Kier alpha value is -0.780. The Morgan fingerprint density at radius 1 is 1.36 bits per heavy atom. The Morgan fingerprint density at radius 3 is 3.00 bits per heavy atom. The standard InChI is InChI=1S/C11H16/c1-10-6-4-3-5-7-11(2)9-8-10/h3-6,9-10H,7-8H2,1-2H3. The topological polar surface area (TPSA) is 0 Å². The molecule has 0 spiro atoms. The average molecular weight is 148 g/mol. The molecular weight excluding hydrogens is 132 g/mol. The molecule has 60 valence electrons. The average Bonchev–Trinajstić information content (AvgIpc) is 2.06. The summed E-state index contributed by atoms with van der Waals surface area (Å²) in [5.41, 5.74) is 1.48. The van der Waals surface area contributed by atoms with Crippen molar-refractivity contribution >= 4 is 0 Å². The summed E-state index contributed by atoms with van der Waals surface area (Å²) in [7, 11) is 0. The lowest BCUT2D eigenvalue weighted by Gasteiger charge is -2.00. The predicted molar refractivity (Wildman–Crippen MR) is 50.4 cm³/mol. The zero-order valence-corrected chi connectivity index (χ0v) is 7.38. The van der Waals surface area contributed by atoms with Gasteiger partial charge in [0.05, 0.1) is 0 Å². The van der Waals surface area contributed by atoms with E-state index < -0.39 is 0 Å². The Kier molecular flexibility index (Phi) is 3.15. The molecule has 0 heterocycles. The summed E-state index contributed by atoms with van der Waals surface area (Å²) in [6.07, 6.45) is 13.4. The molecule has 0 saturated carbocycles. The summed E-state index contributed by atoms with van der Waals surface area (Å²) in [5.74, 6) is 0.688. The van der Waals surface area contributed by atoms with E-state index in [9.17, 15) is 0 Å². The van der Waals surface area contributed by atoms with Gasteiger partial charge >= 0.3 is 0 Å². The van der Waals surface area contributed by atoms with Gasteiger partial charge in [0, 0.05) is 0 Å². The third kappa shape index (κ3) is 3.22. The predicted octanol–water partition coefficient (Wildman–Crippen LogP) is 3.48. The quantitative estimate of drug-likeness (QED) is 0.461. The number of hydrogen-bond donors (Lipinski definition) is 0. The summed E-state index contributed by atoms with van der Waals surface area (Å²) in [5, 5.41) is 0. The molecule has 0 saturated heterocycles. The second kappa shape index (κ2) is 4.17. The molecule has 0 fully saturated rings. The summed E-state index contributed by atoms with van der Waals surface area (Å²) >= 11 is 0. The van der Waals surface area contributed by atoms with Gasteiger partial charge in [-0.1, -0.05) is 42.9 Å². The summed E-state index contributed by atoms with van der Waals surface area (Å²) in [6.45, 7) is 4.45. The van der Waals surface area contributed by atoms with E-state index >= 15 is 0 Å². The van der Waals surface area contributed by atoms with Crippen LogP contribution in [0.15, 0.2) is 36.0 Å². The van der Waals surface area contributed by atoms with Crippen molar-refractivity contribution in [1.82, 2.24) is 0 Å². The van der Waals surface area contributed by atoms with Crippen molar-refractivity contribution in [3.63, 3.8) is 0 Å². The highest BCUT2D eigenvalue weighted by Crippen LogP contribution is 2.11. The van der Waals surface area contributed by atoms with Gasteiger partial charge in [0.25, 0.3) is 0 Å². The minimum absolute atomic E-state index is 0.688. The van der Waals surface area contributed by atoms with Gasteiger partial charge in [-0.15, -0.1) is 0 Å². The fourth-order valence-electron chi connectivity index (χ4n) is 1.14. The van der Waals surface area contributed by atoms with Crippen molar-refractivity contribution in [3.05, 3.63) is 36.0 Å². The van der Waals surface area contributed by atoms with Crippen LogP contribution in [0, 0.1) is 5.92 Å². The maximum absolute atomic E-state index is 2.34. The Labute approximate surface area is 69.3 Å². The smallest absolute Gasteiger partial charge is 0.0138 e. The highest BCUT2D eigenvalue weighted by molar-refractivity contribution is 5.13. The maximum atomic E-state index is 2.34. The molecule has 1 unspecified atom stereocenters. The van der Waals surface area contributed by atoms with E-state index in [-0.39, 0.29) is 0 Å². The van der Waals surface area contributed by atoms with E-state index in [1.807, 2.05) is 0 Å². The number of hydrogen-bond acceptors (Lipinski definition) is 0. The van der Waals surface area contributed by atoms with Crippen LogP contribution in [-0.4, -0.2) is 0 Å². The molecule has 1 aliphatic carbocycles. The molecule has 0 aromatic rings. The Bertz CT molecular complexity index is 194. The van der Waals surface area contributed by atoms with Gasteiger partial charge in [0.1, 0.15) is 0 Å². The third-order valence-electron chi connectivity index (χ3n) is 1.96. The van der Waals surface area contributed by atoms with E-state index in [2.05, 4.69) is 44.2 Å². The summed E-state index contributed by atoms with van der Waals surface area (Å²) < 4.78 is 0. The van der Waals surface area contributed by atoms with Gasteiger partial charge in [0.2, 0.25) is 0 Å². The van der Waals surface area contributed by atoms with Crippen LogP contribution in [0.1, 0.15) is 26.7 Å². The Balaban J connectivity index is 2.64. The molecule has 1 aliphatic rings. The van der Waals surface area contributed by atoms with Crippen molar-refractivity contribution in [1.29, 1.82) is 0 Å². The monoisotopic (exact) mass is 148 g/mol. The second-order valence-electron chi connectivity index (χ2n) is 3.28. The first kappa shape index (κ1) is 8.32. The van der Waals surface area contributed by atoms with E-state index in [0.717, 1.165) is 6.42 Å². The van der Waals surface area contributed by atoms with E-state index in [4.69, 9.17) is 0 Å². The zero-order chi connectivity index (χ0) is 8.10. The van der Waals surface area contributed by atoms with E-state index in [1.165, 1.54) is 12.0 Å². The number of rotatable bonds is 0. The van der Waals surface area contributed by atoms with Crippen LogP contribution < -0.4 is 0 Å². The molecule has 0 radical (unpaired) electrons. The second-order valence-corrected chi connectivity index (χ2v) is 3.28. The van der Waals surface area contributed by atoms with Gasteiger partial charge < -0.3 is 0 Å². The van der Waals surface area contributed by atoms with Gasteiger partial charge in [-0.25, -0.2) is 0 Å². The molecular formula is C11H16. The molecule has 1 rings (SSSR count). The van der Waals surface area contributed by atoms with Gasteiger partial charge in [0.15, 0.2) is 0 Å². The normalized spacial score (nSPS) is 25.3. The van der Waals surface area contributed by atoms with Crippen LogP contribution in [0.25, 0.3) is 0 Å². The fraction of sp³-hybridized carbons (Fsp3) is 0.455. The molecule has 0 aromatic heterocycles. The van der Waals surface area contributed by atoms with Crippen molar-refractivity contribution < 1.29 is 0 Å². The zero-order valence-electron chi connectivity index (χ0n) is 7.38. The van der Waals surface area contributed by atoms with Crippen LogP contribution >= 0.6 is 0 Å². The highest BCUT2D eigenvalue weighted by Gasteiger charge is 1.94. The van der Waals surface area contributed by atoms with Crippen LogP contribution in [0.2, 0.25) is 0 Å². The molecule has 0 amide bonds.